The maximum atomic E-state index is 12.2. The minimum absolute atomic E-state index is 0.112. The fourth-order valence-electron chi connectivity index (χ4n) is 2.03. The van der Waals surface area contributed by atoms with Crippen molar-refractivity contribution in [3.8, 4) is 0 Å². The minimum Gasteiger partial charge on any atom is -0.208 e. The maximum absolute atomic E-state index is 12.2. The molecular formula is C12H15Br2NO2S. The van der Waals surface area contributed by atoms with E-state index in [9.17, 15) is 8.42 Å². The van der Waals surface area contributed by atoms with E-state index in [0.29, 0.717) is 15.3 Å². The lowest BCUT2D eigenvalue weighted by Gasteiger charge is -2.08. The van der Waals surface area contributed by atoms with E-state index in [1.165, 1.54) is 0 Å². The van der Waals surface area contributed by atoms with Gasteiger partial charge in [0.15, 0.2) is 0 Å². The number of sulfonamides is 1. The van der Waals surface area contributed by atoms with E-state index in [4.69, 9.17) is 0 Å². The summed E-state index contributed by atoms with van der Waals surface area (Å²) in [6, 6.07) is 5.26. The van der Waals surface area contributed by atoms with Gasteiger partial charge in [-0.1, -0.05) is 29.3 Å². The molecule has 1 aromatic rings. The highest BCUT2D eigenvalue weighted by molar-refractivity contribution is 9.11. The molecule has 1 saturated carbocycles. The minimum atomic E-state index is -3.43. The van der Waals surface area contributed by atoms with Gasteiger partial charge in [-0.2, -0.15) is 0 Å². The Balaban J connectivity index is 2.14. The molecule has 2 atom stereocenters. The first kappa shape index (κ1) is 14.5. The SMILES string of the molecule is CCCC1CC1NS(=O)(=O)c1cc(Br)ccc1Br. The highest BCUT2D eigenvalue weighted by Crippen LogP contribution is 2.36. The van der Waals surface area contributed by atoms with Gasteiger partial charge in [-0.3, -0.25) is 0 Å². The van der Waals surface area contributed by atoms with Gasteiger partial charge in [0.25, 0.3) is 0 Å². The maximum Gasteiger partial charge on any atom is 0.241 e. The van der Waals surface area contributed by atoms with Crippen LogP contribution in [0.3, 0.4) is 0 Å². The lowest BCUT2D eigenvalue weighted by Crippen LogP contribution is -2.27. The third-order valence-electron chi connectivity index (χ3n) is 3.07. The molecule has 0 saturated heterocycles. The smallest absolute Gasteiger partial charge is 0.208 e. The molecule has 18 heavy (non-hydrogen) atoms. The van der Waals surface area contributed by atoms with E-state index in [1.54, 1.807) is 18.2 Å². The molecular weight excluding hydrogens is 382 g/mol. The van der Waals surface area contributed by atoms with Crippen LogP contribution in [-0.4, -0.2) is 14.5 Å². The average Bonchev–Trinajstić information content (AvgIpc) is 2.99. The van der Waals surface area contributed by atoms with Gasteiger partial charge in [-0.15, -0.1) is 0 Å². The largest absolute Gasteiger partial charge is 0.241 e. The molecule has 2 rings (SSSR count). The molecule has 1 aliphatic rings. The van der Waals surface area contributed by atoms with Crippen LogP contribution in [0.4, 0.5) is 0 Å². The molecule has 1 fully saturated rings. The fourth-order valence-corrected chi connectivity index (χ4v) is 4.85. The highest BCUT2D eigenvalue weighted by atomic mass is 79.9. The second-order valence-electron chi connectivity index (χ2n) is 4.59. The van der Waals surface area contributed by atoms with Gasteiger partial charge >= 0.3 is 0 Å². The van der Waals surface area contributed by atoms with Gasteiger partial charge in [0.05, 0.1) is 4.90 Å². The van der Waals surface area contributed by atoms with E-state index in [0.717, 1.165) is 23.7 Å². The van der Waals surface area contributed by atoms with Gasteiger partial charge in [-0.25, -0.2) is 13.1 Å². The van der Waals surface area contributed by atoms with Crippen molar-refractivity contribution < 1.29 is 8.42 Å². The molecule has 0 heterocycles. The molecule has 0 aromatic heterocycles. The van der Waals surface area contributed by atoms with Gasteiger partial charge in [-0.05, 0) is 52.9 Å². The van der Waals surface area contributed by atoms with E-state index < -0.39 is 10.0 Å². The Hall–Kier alpha value is 0.0900. The molecule has 2 unspecified atom stereocenters. The molecule has 6 heteroatoms. The predicted octanol–water partition coefficient (Wildman–Crippen LogP) is 3.68. The summed E-state index contributed by atoms with van der Waals surface area (Å²) >= 11 is 6.58. The standard InChI is InChI=1S/C12H15Br2NO2S/c1-2-3-8-6-11(8)15-18(16,17)12-7-9(13)4-5-10(12)14/h4-5,7-8,11,15H,2-3,6H2,1H3. The Morgan fingerprint density at radius 1 is 1.39 bits per heavy atom. The van der Waals surface area contributed by atoms with Gasteiger partial charge in [0.2, 0.25) is 10.0 Å². The molecule has 0 bridgehead atoms. The van der Waals surface area contributed by atoms with Crippen molar-refractivity contribution in [3.63, 3.8) is 0 Å². The molecule has 0 aliphatic heterocycles. The van der Waals surface area contributed by atoms with Crippen molar-refractivity contribution in [2.45, 2.75) is 37.1 Å². The van der Waals surface area contributed by atoms with E-state index in [2.05, 4.69) is 43.5 Å². The summed E-state index contributed by atoms with van der Waals surface area (Å²) in [6.07, 6.45) is 3.15. The summed E-state index contributed by atoms with van der Waals surface area (Å²) in [7, 11) is -3.43. The third kappa shape index (κ3) is 3.35. The first-order valence-electron chi connectivity index (χ1n) is 5.91. The molecule has 100 valence electrons. The Morgan fingerprint density at radius 3 is 2.78 bits per heavy atom. The second kappa shape index (κ2) is 5.61. The molecule has 1 aromatic carbocycles. The predicted molar refractivity (Wildman–Crippen MR) is 79.0 cm³/mol. The Labute approximate surface area is 125 Å². The molecule has 1 aliphatic carbocycles. The summed E-state index contributed by atoms with van der Waals surface area (Å²) in [5.41, 5.74) is 0. The van der Waals surface area contributed by atoms with Crippen LogP contribution in [0.2, 0.25) is 0 Å². The summed E-state index contributed by atoms with van der Waals surface area (Å²) in [5, 5.41) is 0. The highest BCUT2D eigenvalue weighted by Gasteiger charge is 2.39. The van der Waals surface area contributed by atoms with Crippen LogP contribution in [0.15, 0.2) is 32.0 Å². The van der Waals surface area contributed by atoms with Crippen molar-refractivity contribution in [3.05, 3.63) is 27.1 Å². The van der Waals surface area contributed by atoms with E-state index >= 15 is 0 Å². The summed E-state index contributed by atoms with van der Waals surface area (Å²) in [5.74, 6) is 0.510. The van der Waals surface area contributed by atoms with E-state index in [1.807, 2.05) is 0 Å². The van der Waals surface area contributed by atoms with Crippen molar-refractivity contribution in [2.75, 3.05) is 0 Å². The van der Waals surface area contributed by atoms with Crippen LogP contribution >= 0.6 is 31.9 Å². The first-order valence-corrected chi connectivity index (χ1v) is 8.98. The van der Waals surface area contributed by atoms with Crippen molar-refractivity contribution >= 4 is 41.9 Å². The van der Waals surface area contributed by atoms with Crippen molar-refractivity contribution in [1.82, 2.24) is 4.72 Å². The van der Waals surface area contributed by atoms with Crippen LogP contribution in [-0.2, 0) is 10.0 Å². The molecule has 0 radical (unpaired) electrons. The van der Waals surface area contributed by atoms with Crippen LogP contribution in [0.1, 0.15) is 26.2 Å². The Bertz CT molecular complexity index is 545. The Morgan fingerprint density at radius 2 is 2.11 bits per heavy atom. The number of benzene rings is 1. The Kier molecular flexibility index (Phi) is 4.52. The zero-order valence-corrected chi connectivity index (χ0v) is 14.0. The summed E-state index contributed by atoms with van der Waals surface area (Å²) in [4.78, 5) is 0.291. The monoisotopic (exact) mass is 395 g/mol. The molecule has 3 nitrogen and oxygen atoms in total. The number of rotatable bonds is 5. The van der Waals surface area contributed by atoms with Gasteiger partial charge < -0.3 is 0 Å². The number of halogens is 2. The second-order valence-corrected chi connectivity index (χ2v) is 8.04. The van der Waals surface area contributed by atoms with Crippen LogP contribution < -0.4 is 4.72 Å². The first-order chi connectivity index (χ1) is 8.44. The lowest BCUT2D eigenvalue weighted by molar-refractivity contribution is 0.572. The zero-order valence-electron chi connectivity index (χ0n) is 9.99. The number of hydrogen-bond acceptors (Lipinski definition) is 2. The van der Waals surface area contributed by atoms with Gasteiger partial charge in [0, 0.05) is 15.0 Å². The number of nitrogens with one attached hydrogen (secondary N) is 1. The van der Waals surface area contributed by atoms with E-state index in [-0.39, 0.29) is 6.04 Å². The topological polar surface area (TPSA) is 46.2 Å². The average molecular weight is 397 g/mol. The molecule has 0 spiro atoms. The fraction of sp³-hybridized carbons (Fsp3) is 0.500. The van der Waals surface area contributed by atoms with Crippen LogP contribution in [0.25, 0.3) is 0 Å². The van der Waals surface area contributed by atoms with Crippen molar-refractivity contribution in [2.24, 2.45) is 5.92 Å². The van der Waals surface area contributed by atoms with Crippen LogP contribution in [0, 0.1) is 5.92 Å². The molecule has 1 N–H and O–H groups in total. The normalized spacial score (nSPS) is 23.1. The number of hydrogen-bond donors (Lipinski definition) is 1. The summed E-state index contributed by atoms with van der Waals surface area (Å²) in [6.45, 7) is 2.12. The van der Waals surface area contributed by atoms with Crippen molar-refractivity contribution in [1.29, 1.82) is 0 Å². The molecule has 0 amide bonds. The third-order valence-corrected chi connectivity index (χ3v) is 6.05. The zero-order chi connectivity index (χ0) is 13.3. The van der Waals surface area contributed by atoms with Gasteiger partial charge in [0.1, 0.15) is 0 Å². The quantitative estimate of drug-likeness (QED) is 0.824. The van der Waals surface area contributed by atoms with Crippen LogP contribution in [0.5, 0.6) is 0 Å². The summed E-state index contributed by atoms with van der Waals surface area (Å²) < 4.78 is 28.6. The lowest BCUT2D eigenvalue weighted by atomic mass is 10.2.